The highest BCUT2D eigenvalue weighted by atomic mass is 32.2. The van der Waals surface area contributed by atoms with Gasteiger partial charge in [-0.05, 0) is 49.1 Å². The van der Waals surface area contributed by atoms with Crippen LogP contribution in [0.15, 0.2) is 41.3 Å². The minimum Gasteiger partial charge on any atom is -0.497 e. The van der Waals surface area contributed by atoms with E-state index in [0.717, 1.165) is 25.0 Å². The number of alkyl halides is 3. The number of rotatable bonds is 8. The molecular formula is C19H21F3N2O4S. The fourth-order valence-corrected chi connectivity index (χ4v) is 4.07. The van der Waals surface area contributed by atoms with Crippen LogP contribution in [0.4, 0.5) is 24.5 Å². The quantitative estimate of drug-likeness (QED) is 0.658. The van der Waals surface area contributed by atoms with E-state index in [9.17, 15) is 21.6 Å². The van der Waals surface area contributed by atoms with Gasteiger partial charge in [0.1, 0.15) is 11.5 Å². The number of hydrogen-bond donors (Lipinski definition) is 2. The summed E-state index contributed by atoms with van der Waals surface area (Å²) in [5.41, 5.74) is -0.760. The zero-order chi connectivity index (χ0) is 21.2. The number of hydrogen-bond acceptors (Lipinski definition) is 5. The van der Waals surface area contributed by atoms with Crippen molar-refractivity contribution in [2.45, 2.75) is 23.9 Å². The van der Waals surface area contributed by atoms with Crippen molar-refractivity contribution in [2.75, 3.05) is 26.1 Å². The van der Waals surface area contributed by atoms with Crippen LogP contribution < -0.4 is 19.5 Å². The Labute approximate surface area is 167 Å². The maximum atomic E-state index is 13.6. The Hall–Kier alpha value is -2.46. The van der Waals surface area contributed by atoms with Crippen LogP contribution in [0.2, 0.25) is 0 Å². The Morgan fingerprint density at radius 2 is 1.79 bits per heavy atom. The topological polar surface area (TPSA) is 76.7 Å². The van der Waals surface area contributed by atoms with E-state index in [1.165, 1.54) is 20.3 Å². The fraction of sp³-hybridized carbons (Fsp3) is 0.368. The van der Waals surface area contributed by atoms with Gasteiger partial charge in [-0.15, -0.1) is 0 Å². The summed E-state index contributed by atoms with van der Waals surface area (Å²) in [6, 6.07) is 7.80. The highest BCUT2D eigenvalue weighted by molar-refractivity contribution is 7.89. The number of halogens is 3. The standard InChI is InChI=1S/C19H21F3N2O4S/c1-27-14-6-7-16(17(10-14)28-2)24-13-5-8-18(15(9-13)19(20,21)22)29(25,26)23-11-12-3-4-12/h5-10,12,23-24H,3-4,11H2,1-2H3. The lowest BCUT2D eigenvalue weighted by Crippen LogP contribution is -2.28. The number of benzene rings is 2. The molecule has 0 aromatic heterocycles. The molecule has 0 unspecified atom stereocenters. The van der Waals surface area contributed by atoms with Crippen LogP contribution in [0.5, 0.6) is 11.5 Å². The maximum absolute atomic E-state index is 13.6. The lowest BCUT2D eigenvalue weighted by atomic mass is 10.1. The molecule has 0 spiro atoms. The molecule has 1 fully saturated rings. The molecule has 3 rings (SSSR count). The van der Waals surface area contributed by atoms with E-state index in [2.05, 4.69) is 10.0 Å². The summed E-state index contributed by atoms with van der Waals surface area (Å²) in [4.78, 5) is -0.794. The second-order valence-corrected chi connectivity index (χ2v) is 8.43. The van der Waals surface area contributed by atoms with Crippen LogP contribution in [0.25, 0.3) is 0 Å². The van der Waals surface area contributed by atoms with Crippen molar-refractivity contribution < 1.29 is 31.1 Å². The third-order valence-corrected chi connectivity index (χ3v) is 6.00. The average molecular weight is 430 g/mol. The summed E-state index contributed by atoms with van der Waals surface area (Å²) in [7, 11) is -1.38. The Morgan fingerprint density at radius 3 is 2.38 bits per heavy atom. The molecule has 1 aliphatic carbocycles. The van der Waals surface area contributed by atoms with Gasteiger partial charge in [-0.25, -0.2) is 13.1 Å². The molecule has 0 amide bonds. The third-order valence-electron chi connectivity index (χ3n) is 4.52. The number of nitrogens with one attached hydrogen (secondary N) is 2. The Balaban J connectivity index is 1.94. The van der Waals surface area contributed by atoms with Crippen LogP contribution in [-0.2, 0) is 16.2 Å². The van der Waals surface area contributed by atoms with Gasteiger partial charge < -0.3 is 14.8 Å². The second kappa shape index (κ2) is 8.11. The van der Waals surface area contributed by atoms with Gasteiger partial charge in [0, 0.05) is 18.3 Å². The first-order valence-electron chi connectivity index (χ1n) is 8.84. The van der Waals surface area contributed by atoms with Gasteiger partial charge in [0.15, 0.2) is 0 Å². The summed E-state index contributed by atoms with van der Waals surface area (Å²) in [5, 5.41) is 2.83. The van der Waals surface area contributed by atoms with Gasteiger partial charge in [0.05, 0.1) is 30.4 Å². The zero-order valence-corrected chi connectivity index (χ0v) is 16.7. The van der Waals surface area contributed by atoms with Gasteiger partial charge in [-0.1, -0.05) is 0 Å². The molecule has 0 bridgehead atoms. The van der Waals surface area contributed by atoms with E-state index < -0.39 is 26.7 Å². The first kappa shape index (κ1) is 21.3. The molecule has 158 valence electrons. The first-order chi connectivity index (χ1) is 13.6. The Bertz CT molecular complexity index is 989. The van der Waals surface area contributed by atoms with Crippen LogP contribution in [0.1, 0.15) is 18.4 Å². The molecule has 0 radical (unpaired) electrons. The smallest absolute Gasteiger partial charge is 0.417 e. The van der Waals surface area contributed by atoms with Gasteiger partial charge in [-0.3, -0.25) is 0 Å². The monoisotopic (exact) mass is 430 g/mol. The lowest BCUT2D eigenvalue weighted by Gasteiger charge is -2.17. The molecule has 0 atom stereocenters. The van der Waals surface area contributed by atoms with E-state index in [1.807, 2.05) is 0 Å². The lowest BCUT2D eigenvalue weighted by molar-refractivity contribution is -0.139. The number of methoxy groups -OCH3 is 2. The number of ether oxygens (including phenoxy) is 2. The van der Waals surface area contributed by atoms with Crippen molar-refractivity contribution in [3.05, 3.63) is 42.0 Å². The van der Waals surface area contributed by atoms with E-state index in [4.69, 9.17) is 9.47 Å². The molecule has 0 saturated heterocycles. The van der Waals surface area contributed by atoms with Gasteiger partial charge >= 0.3 is 6.18 Å². The molecule has 10 heteroatoms. The molecule has 29 heavy (non-hydrogen) atoms. The molecule has 1 aliphatic rings. The zero-order valence-electron chi connectivity index (χ0n) is 15.8. The molecule has 2 aromatic carbocycles. The van der Waals surface area contributed by atoms with Crippen LogP contribution in [-0.4, -0.2) is 29.2 Å². The SMILES string of the molecule is COc1ccc(Nc2ccc(S(=O)(=O)NCC3CC3)c(C(F)(F)F)c2)c(OC)c1. The van der Waals surface area contributed by atoms with Crippen molar-refractivity contribution >= 4 is 21.4 Å². The van der Waals surface area contributed by atoms with Crippen molar-refractivity contribution in [3.63, 3.8) is 0 Å². The van der Waals surface area contributed by atoms with Crippen LogP contribution >= 0.6 is 0 Å². The second-order valence-electron chi connectivity index (χ2n) is 6.70. The summed E-state index contributed by atoms with van der Waals surface area (Å²) in [6.45, 7) is 0.142. The Kier molecular flexibility index (Phi) is 5.95. The van der Waals surface area contributed by atoms with E-state index in [0.29, 0.717) is 17.2 Å². The van der Waals surface area contributed by atoms with Crippen molar-refractivity contribution in [2.24, 2.45) is 5.92 Å². The van der Waals surface area contributed by atoms with E-state index >= 15 is 0 Å². The minimum atomic E-state index is -4.84. The highest BCUT2D eigenvalue weighted by Crippen LogP contribution is 2.38. The predicted octanol–water partition coefficient (Wildman–Crippen LogP) is 4.15. The predicted molar refractivity (Wildman–Crippen MR) is 102 cm³/mol. The van der Waals surface area contributed by atoms with E-state index in [1.54, 1.807) is 18.2 Å². The summed E-state index contributed by atoms with van der Waals surface area (Å²) in [6.07, 6.45) is -3.09. The van der Waals surface area contributed by atoms with Crippen LogP contribution in [0.3, 0.4) is 0 Å². The molecular weight excluding hydrogens is 409 g/mol. The van der Waals surface area contributed by atoms with Gasteiger partial charge in [-0.2, -0.15) is 13.2 Å². The molecule has 1 saturated carbocycles. The normalized spacial score (nSPS) is 14.5. The molecule has 0 aliphatic heterocycles. The van der Waals surface area contributed by atoms with Gasteiger partial charge in [0.2, 0.25) is 10.0 Å². The van der Waals surface area contributed by atoms with E-state index in [-0.39, 0.29) is 18.2 Å². The molecule has 2 N–H and O–H groups in total. The van der Waals surface area contributed by atoms with Crippen molar-refractivity contribution in [3.8, 4) is 11.5 Å². The average Bonchev–Trinajstić information content (AvgIpc) is 3.50. The first-order valence-corrected chi connectivity index (χ1v) is 10.3. The number of sulfonamides is 1. The van der Waals surface area contributed by atoms with Crippen molar-refractivity contribution in [1.29, 1.82) is 0 Å². The van der Waals surface area contributed by atoms with Gasteiger partial charge in [0.25, 0.3) is 0 Å². The summed E-state index contributed by atoms with van der Waals surface area (Å²) in [5.74, 6) is 1.08. The molecule has 0 heterocycles. The Morgan fingerprint density at radius 1 is 1.07 bits per heavy atom. The van der Waals surface area contributed by atoms with Crippen molar-refractivity contribution in [1.82, 2.24) is 4.72 Å². The maximum Gasteiger partial charge on any atom is 0.417 e. The number of anilines is 2. The summed E-state index contributed by atoms with van der Waals surface area (Å²) >= 11 is 0. The highest BCUT2D eigenvalue weighted by Gasteiger charge is 2.38. The fourth-order valence-electron chi connectivity index (χ4n) is 2.75. The van der Waals surface area contributed by atoms with Crippen LogP contribution in [0, 0.1) is 5.92 Å². The minimum absolute atomic E-state index is 0.0712. The summed E-state index contributed by atoms with van der Waals surface area (Å²) < 4.78 is 78.2. The molecule has 2 aromatic rings. The third kappa shape index (κ3) is 5.13. The molecule has 6 nitrogen and oxygen atoms in total. The largest absolute Gasteiger partial charge is 0.497 e.